The van der Waals surface area contributed by atoms with Gasteiger partial charge in [-0.1, -0.05) is 0 Å². The van der Waals surface area contributed by atoms with E-state index in [1.807, 2.05) is 0 Å². The Balaban J connectivity index is 1.62. The van der Waals surface area contributed by atoms with Gasteiger partial charge in [-0.3, -0.25) is 0 Å². The second kappa shape index (κ2) is 8.71. The largest absolute Gasteiger partial charge is 0.496 e. The number of ether oxygens (including phenoxy) is 1. The summed E-state index contributed by atoms with van der Waals surface area (Å²) in [4.78, 5) is 8.69. The molecule has 0 aliphatic carbocycles. The van der Waals surface area contributed by atoms with Crippen LogP contribution in [0.5, 0.6) is 5.75 Å². The first-order valence-corrected chi connectivity index (χ1v) is 10.9. The highest BCUT2D eigenvalue weighted by Crippen LogP contribution is 2.39. The fraction of sp³-hybridized carbons (Fsp3) is 0.154. The molecule has 10 heteroatoms. The van der Waals surface area contributed by atoms with E-state index in [1.165, 1.54) is 31.4 Å². The number of hydrogen-bond acceptors (Lipinski definition) is 5. The summed E-state index contributed by atoms with van der Waals surface area (Å²) in [6.45, 7) is 1.72. The molecule has 1 N–H and O–H groups in total. The molecule has 0 aliphatic rings. The average molecular weight is 496 g/mol. The van der Waals surface area contributed by atoms with Gasteiger partial charge in [-0.2, -0.15) is 13.2 Å². The highest BCUT2D eigenvalue weighted by Gasteiger charge is 2.32. The molecule has 5 aromatic rings. The van der Waals surface area contributed by atoms with E-state index in [0.717, 1.165) is 12.1 Å². The van der Waals surface area contributed by atoms with Crippen molar-refractivity contribution in [3.05, 3.63) is 78.1 Å². The van der Waals surface area contributed by atoms with Crippen molar-refractivity contribution in [1.82, 2.24) is 14.5 Å². The van der Waals surface area contributed by atoms with E-state index in [9.17, 15) is 17.6 Å². The predicted molar refractivity (Wildman–Crippen MR) is 128 cm³/mol. The molecule has 2 heterocycles. The number of oxazole rings is 1. The van der Waals surface area contributed by atoms with Crippen LogP contribution in [0.1, 0.15) is 11.5 Å². The zero-order valence-electron chi connectivity index (χ0n) is 19.4. The maximum Gasteiger partial charge on any atom is 0.416 e. The van der Waals surface area contributed by atoms with Gasteiger partial charge in [-0.15, -0.1) is 0 Å². The van der Waals surface area contributed by atoms with E-state index in [-0.39, 0.29) is 11.2 Å². The second-order valence-corrected chi connectivity index (χ2v) is 8.17. The quantitative estimate of drug-likeness (QED) is 0.263. The number of aryl methyl sites for hydroxylation is 2. The maximum absolute atomic E-state index is 13.8. The average Bonchev–Trinajstić information content (AvgIpc) is 3.42. The zero-order valence-corrected chi connectivity index (χ0v) is 19.4. The fourth-order valence-electron chi connectivity index (χ4n) is 4.02. The van der Waals surface area contributed by atoms with Crippen LogP contribution in [-0.2, 0) is 13.2 Å². The minimum atomic E-state index is -4.57. The van der Waals surface area contributed by atoms with Gasteiger partial charge in [0.15, 0.2) is 11.7 Å². The Kier molecular flexibility index (Phi) is 5.66. The monoisotopic (exact) mass is 496 g/mol. The molecule has 6 nitrogen and oxygen atoms in total. The normalized spacial score (nSPS) is 11.8. The Bertz CT molecular complexity index is 1570. The fourth-order valence-corrected chi connectivity index (χ4v) is 4.02. The SMILES string of the molecule is COc1cc(Nc2cc(C(F)(F)F)cc3c2nc(-c2ccc(F)cc2)n3C)ccc1-c1cnc(C)o1. The number of nitrogens with zero attached hydrogens (tertiary/aromatic N) is 3. The number of fused-ring (bicyclic) bond motifs is 1. The van der Waals surface area contributed by atoms with E-state index in [0.29, 0.717) is 45.6 Å². The molecule has 3 aromatic carbocycles. The minimum Gasteiger partial charge on any atom is -0.496 e. The Morgan fingerprint density at radius 2 is 1.78 bits per heavy atom. The van der Waals surface area contributed by atoms with Crippen molar-refractivity contribution in [2.75, 3.05) is 12.4 Å². The number of alkyl halides is 3. The molecule has 0 amide bonds. The lowest BCUT2D eigenvalue weighted by atomic mass is 10.1. The molecule has 36 heavy (non-hydrogen) atoms. The minimum absolute atomic E-state index is 0.161. The van der Waals surface area contributed by atoms with Crippen molar-refractivity contribution >= 4 is 22.4 Å². The molecule has 0 atom stereocenters. The first-order valence-electron chi connectivity index (χ1n) is 10.9. The van der Waals surface area contributed by atoms with Crippen LogP contribution in [0, 0.1) is 12.7 Å². The molecular weight excluding hydrogens is 476 g/mol. The van der Waals surface area contributed by atoms with Crippen LogP contribution in [0.15, 0.2) is 65.2 Å². The molecule has 0 aliphatic heterocycles. The number of halogens is 4. The van der Waals surface area contributed by atoms with Crippen molar-refractivity contribution in [3.8, 4) is 28.5 Å². The highest BCUT2D eigenvalue weighted by molar-refractivity contribution is 5.94. The van der Waals surface area contributed by atoms with Crippen molar-refractivity contribution < 1.29 is 26.7 Å². The van der Waals surface area contributed by atoms with Gasteiger partial charge in [-0.25, -0.2) is 14.4 Å². The summed E-state index contributed by atoms with van der Waals surface area (Å²) in [5.41, 5.74) is 1.64. The lowest BCUT2D eigenvalue weighted by molar-refractivity contribution is -0.137. The molecule has 5 rings (SSSR count). The number of methoxy groups -OCH3 is 1. The molecular formula is C26H20F4N4O2. The van der Waals surface area contributed by atoms with Gasteiger partial charge in [0.05, 0.1) is 35.6 Å². The third-order valence-corrected chi connectivity index (χ3v) is 5.78. The van der Waals surface area contributed by atoms with Crippen LogP contribution < -0.4 is 10.1 Å². The van der Waals surface area contributed by atoms with Crippen LogP contribution in [0.3, 0.4) is 0 Å². The van der Waals surface area contributed by atoms with Gasteiger partial charge in [-0.05, 0) is 48.5 Å². The summed E-state index contributed by atoms with van der Waals surface area (Å²) in [6.07, 6.45) is -3.00. The molecule has 2 aromatic heterocycles. The number of rotatable bonds is 5. The zero-order chi connectivity index (χ0) is 25.6. The van der Waals surface area contributed by atoms with E-state index < -0.39 is 17.6 Å². The number of hydrogen-bond donors (Lipinski definition) is 1. The van der Waals surface area contributed by atoms with E-state index in [4.69, 9.17) is 9.15 Å². The summed E-state index contributed by atoms with van der Waals surface area (Å²) < 4.78 is 67.3. The van der Waals surface area contributed by atoms with E-state index >= 15 is 0 Å². The lowest BCUT2D eigenvalue weighted by Gasteiger charge is -2.14. The molecule has 0 spiro atoms. The van der Waals surface area contributed by atoms with Crippen LogP contribution in [0.4, 0.5) is 28.9 Å². The number of nitrogens with one attached hydrogen (secondary N) is 1. The smallest absolute Gasteiger partial charge is 0.416 e. The Morgan fingerprint density at radius 3 is 2.42 bits per heavy atom. The third-order valence-electron chi connectivity index (χ3n) is 5.78. The first-order chi connectivity index (χ1) is 17.1. The molecule has 0 fully saturated rings. The van der Waals surface area contributed by atoms with Gasteiger partial charge >= 0.3 is 6.18 Å². The van der Waals surface area contributed by atoms with E-state index in [2.05, 4.69) is 15.3 Å². The summed E-state index contributed by atoms with van der Waals surface area (Å²) in [7, 11) is 3.11. The Hall–Kier alpha value is -4.34. The Labute approximate surface area is 203 Å². The first kappa shape index (κ1) is 23.4. The molecule has 0 radical (unpaired) electrons. The van der Waals surface area contributed by atoms with Gasteiger partial charge in [0.25, 0.3) is 0 Å². The van der Waals surface area contributed by atoms with E-state index in [1.54, 1.807) is 42.9 Å². The Morgan fingerprint density at radius 1 is 1.03 bits per heavy atom. The van der Waals surface area contributed by atoms with Crippen LogP contribution >= 0.6 is 0 Å². The van der Waals surface area contributed by atoms with Gasteiger partial charge in [0.1, 0.15) is 22.9 Å². The van der Waals surface area contributed by atoms with Crippen LogP contribution in [-0.4, -0.2) is 21.6 Å². The summed E-state index contributed by atoms with van der Waals surface area (Å²) in [5, 5.41) is 3.06. The van der Waals surface area contributed by atoms with Gasteiger partial charge in [0.2, 0.25) is 0 Å². The van der Waals surface area contributed by atoms with Gasteiger partial charge < -0.3 is 19.0 Å². The van der Waals surface area contributed by atoms with Crippen molar-refractivity contribution in [3.63, 3.8) is 0 Å². The molecule has 0 unspecified atom stereocenters. The number of aromatic nitrogens is 3. The third kappa shape index (κ3) is 4.26. The molecule has 0 saturated carbocycles. The van der Waals surface area contributed by atoms with Crippen LogP contribution in [0.2, 0.25) is 0 Å². The number of imidazole rings is 1. The van der Waals surface area contributed by atoms with Gasteiger partial charge in [0, 0.05) is 31.3 Å². The summed E-state index contributed by atoms with van der Waals surface area (Å²) in [5.74, 6) is 1.43. The maximum atomic E-state index is 13.8. The topological polar surface area (TPSA) is 65.1 Å². The van der Waals surface area contributed by atoms with Crippen molar-refractivity contribution in [1.29, 1.82) is 0 Å². The molecule has 0 saturated heterocycles. The number of benzene rings is 3. The molecule has 184 valence electrons. The lowest BCUT2D eigenvalue weighted by Crippen LogP contribution is -2.06. The van der Waals surface area contributed by atoms with Crippen molar-refractivity contribution in [2.45, 2.75) is 13.1 Å². The van der Waals surface area contributed by atoms with Crippen LogP contribution in [0.25, 0.3) is 33.7 Å². The van der Waals surface area contributed by atoms with Crippen molar-refractivity contribution in [2.24, 2.45) is 7.05 Å². The summed E-state index contributed by atoms with van der Waals surface area (Å²) >= 11 is 0. The number of anilines is 2. The second-order valence-electron chi connectivity index (χ2n) is 8.17. The standard InChI is InChI=1S/C26H20F4N4O2/c1-14-31-13-23(36-14)19-9-8-18(12-22(19)35-3)32-20-10-16(26(28,29)30)11-21-24(20)33-25(34(21)2)15-4-6-17(27)7-5-15/h4-13,32H,1-3H3. The highest BCUT2D eigenvalue weighted by atomic mass is 19.4. The molecule has 0 bridgehead atoms. The summed E-state index contributed by atoms with van der Waals surface area (Å²) in [6, 6.07) is 12.8. The predicted octanol–water partition coefficient (Wildman–Crippen LogP) is 7.11.